The highest BCUT2D eigenvalue weighted by molar-refractivity contribution is 9.10. The SMILES string of the molecule is COc1cc(F)c(Br)cc1C(O)c1ccc(Cl)cc1C. The summed E-state index contributed by atoms with van der Waals surface area (Å²) in [5.74, 6) is -0.141. The van der Waals surface area contributed by atoms with Crippen molar-refractivity contribution in [3.63, 3.8) is 0 Å². The molecule has 2 aromatic carbocycles. The molecule has 1 atom stereocenters. The lowest BCUT2D eigenvalue weighted by atomic mass is 9.97. The van der Waals surface area contributed by atoms with E-state index in [2.05, 4.69) is 15.9 Å². The Morgan fingerprint density at radius 2 is 1.95 bits per heavy atom. The lowest BCUT2D eigenvalue weighted by molar-refractivity contribution is 0.213. The average Bonchev–Trinajstić information content (AvgIpc) is 2.40. The second kappa shape index (κ2) is 6.12. The van der Waals surface area contributed by atoms with E-state index in [0.29, 0.717) is 21.9 Å². The number of hydrogen-bond acceptors (Lipinski definition) is 2. The van der Waals surface area contributed by atoms with Crippen LogP contribution in [0.25, 0.3) is 0 Å². The van der Waals surface area contributed by atoms with Gasteiger partial charge in [0.25, 0.3) is 0 Å². The smallest absolute Gasteiger partial charge is 0.141 e. The normalized spacial score (nSPS) is 12.3. The number of aliphatic hydroxyl groups excluding tert-OH is 1. The summed E-state index contributed by atoms with van der Waals surface area (Å²) in [6.07, 6.45) is -0.917. The molecule has 2 rings (SSSR count). The number of ether oxygens (including phenoxy) is 1. The van der Waals surface area contributed by atoms with Crippen LogP contribution >= 0.6 is 27.5 Å². The summed E-state index contributed by atoms with van der Waals surface area (Å²) in [7, 11) is 1.44. The molecule has 106 valence electrons. The zero-order chi connectivity index (χ0) is 14.9. The van der Waals surface area contributed by atoms with Gasteiger partial charge in [-0.05, 0) is 52.2 Å². The molecule has 0 aliphatic heterocycles. The second-order valence-electron chi connectivity index (χ2n) is 4.41. The standard InChI is InChI=1S/C15H13BrClFO2/c1-8-5-9(17)3-4-10(8)15(19)11-6-12(16)13(18)7-14(11)20-2/h3-7,15,19H,1-2H3. The molecule has 0 aliphatic carbocycles. The van der Waals surface area contributed by atoms with Crippen molar-refractivity contribution in [1.29, 1.82) is 0 Å². The summed E-state index contributed by atoms with van der Waals surface area (Å²) in [5.41, 5.74) is 2.05. The number of halogens is 3. The third kappa shape index (κ3) is 2.97. The number of aliphatic hydroxyl groups is 1. The van der Waals surface area contributed by atoms with Crippen molar-refractivity contribution >= 4 is 27.5 Å². The first-order valence-electron chi connectivity index (χ1n) is 5.91. The topological polar surface area (TPSA) is 29.5 Å². The zero-order valence-electron chi connectivity index (χ0n) is 11.0. The molecule has 0 spiro atoms. The zero-order valence-corrected chi connectivity index (χ0v) is 13.3. The Bertz CT molecular complexity index is 646. The fraction of sp³-hybridized carbons (Fsp3) is 0.200. The van der Waals surface area contributed by atoms with Crippen molar-refractivity contribution < 1.29 is 14.2 Å². The number of rotatable bonds is 3. The highest BCUT2D eigenvalue weighted by atomic mass is 79.9. The van der Waals surface area contributed by atoms with Crippen LogP contribution in [0.1, 0.15) is 22.8 Å². The Hall–Kier alpha value is -1.10. The van der Waals surface area contributed by atoms with Crippen molar-refractivity contribution in [1.82, 2.24) is 0 Å². The molecule has 5 heteroatoms. The van der Waals surface area contributed by atoms with Crippen LogP contribution in [0.2, 0.25) is 5.02 Å². The van der Waals surface area contributed by atoms with Crippen LogP contribution in [0.4, 0.5) is 4.39 Å². The van der Waals surface area contributed by atoms with E-state index in [1.54, 1.807) is 18.2 Å². The minimum Gasteiger partial charge on any atom is -0.496 e. The Kier molecular flexibility index (Phi) is 4.68. The monoisotopic (exact) mass is 358 g/mol. The average molecular weight is 360 g/mol. The molecule has 1 N–H and O–H groups in total. The van der Waals surface area contributed by atoms with E-state index in [1.165, 1.54) is 19.2 Å². The maximum Gasteiger partial charge on any atom is 0.141 e. The van der Waals surface area contributed by atoms with Gasteiger partial charge >= 0.3 is 0 Å². The molecular formula is C15H13BrClFO2. The number of aryl methyl sites for hydroxylation is 1. The van der Waals surface area contributed by atoms with Gasteiger partial charge in [-0.2, -0.15) is 0 Å². The quantitative estimate of drug-likeness (QED) is 0.865. The van der Waals surface area contributed by atoms with Gasteiger partial charge in [-0.15, -0.1) is 0 Å². The molecule has 0 saturated carbocycles. The molecular weight excluding hydrogens is 347 g/mol. The molecule has 20 heavy (non-hydrogen) atoms. The van der Waals surface area contributed by atoms with Gasteiger partial charge in [0.15, 0.2) is 0 Å². The second-order valence-corrected chi connectivity index (χ2v) is 5.70. The summed E-state index contributed by atoms with van der Waals surface area (Å²) in [4.78, 5) is 0. The number of hydrogen-bond donors (Lipinski definition) is 1. The van der Waals surface area contributed by atoms with Gasteiger partial charge in [0.1, 0.15) is 17.7 Å². The number of methoxy groups -OCH3 is 1. The van der Waals surface area contributed by atoms with Gasteiger partial charge in [0.2, 0.25) is 0 Å². The van der Waals surface area contributed by atoms with Crippen molar-refractivity contribution in [2.75, 3.05) is 7.11 Å². The molecule has 0 radical (unpaired) electrons. The molecule has 0 bridgehead atoms. The number of benzene rings is 2. The van der Waals surface area contributed by atoms with E-state index in [4.69, 9.17) is 16.3 Å². The van der Waals surface area contributed by atoms with Crippen LogP contribution in [-0.4, -0.2) is 12.2 Å². The van der Waals surface area contributed by atoms with Crippen LogP contribution in [0.5, 0.6) is 5.75 Å². The van der Waals surface area contributed by atoms with Crippen LogP contribution in [0.15, 0.2) is 34.8 Å². The van der Waals surface area contributed by atoms with Gasteiger partial charge in [0.05, 0.1) is 11.6 Å². The summed E-state index contributed by atoms with van der Waals surface area (Å²) >= 11 is 9.03. The summed E-state index contributed by atoms with van der Waals surface area (Å²) in [6, 6.07) is 7.99. The highest BCUT2D eigenvalue weighted by Gasteiger charge is 2.19. The van der Waals surface area contributed by atoms with E-state index in [9.17, 15) is 9.50 Å². The fourth-order valence-corrected chi connectivity index (χ4v) is 2.64. The van der Waals surface area contributed by atoms with Crippen molar-refractivity contribution in [3.05, 3.63) is 62.3 Å². The minimum atomic E-state index is -0.917. The highest BCUT2D eigenvalue weighted by Crippen LogP contribution is 2.35. The van der Waals surface area contributed by atoms with Crippen LogP contribution < -0.4 is 4.74 Å². The molecule has 1 unspecified atom stereocenters. The fourth-order valence-electron chi connectivity index (χ4n) is 2.05. The van der Waals surface area contributed by atoms with E-state index in [-0.39, 0.29) is 4.47 Å². The first-order valence-corrected chi connectivity index (χ1v) is 7.08. The molecule has 2 nitrogen and oxygen atoms in total. The minimum absolute atomic E-state index is 0.277. The van der Waals surface area contributed by atoms with Gasteiger partial charge < -0.3 is 9.84 Å². The van der Waals surface area contributed by atoms with Crippen LogP contribution in [-0.2, 0) is 0 Å². The summed E-state index contributed by atoms with van der Waals surface area (Å²) in [6.45, 7) is 1.86. The Morgan fingerprint density at radius 3 is 2.55 bits per heavy atom. The van der Waals surface area contributed by atoms with E-state index >= 15 is 0 Å². The van der Waals surface area contributed by atoms with Gasteiger partial charge in [-0.25, -0.2) is 4.39 Å². The molecule has 0 amide bonds. The van der Waals surface area contributed by atoms with Gasteiger partial charge in [-0.1, -0.05) is 17.7 Å². The van der Waals surface area contributed by atoms with Crippen LogP contribution in [0, 0.1) is 12.7 Å². The van der Waals surface area contributed by atoms with E-state index < -0.39 is 11.9 Å². The Balaban J connectivity index is 2.52. The van der Waals surface area contributed by atoms with Crippen molar-refractivity contribution in [2.24, 2.45) is 0 Å². The maximum absolute atomic E-state index is 13.5. The van der Waals surface area contributed by atoms with Crippen molar-refractivity contribution in [2.45, 2.75) is 13.0 Å². The largest absolute Gasteiger partial charge is 0.496 e. The summed E-state index contributed by atoms with van der Waals surface area (Å²) < 4.78 is 18.9. The maximum atomic E-state index is 13.5. The van der Waals surface area contributed by atoms with Gasteiger partial charge in [0, 0.05) is 16.7 Å². The summed E-state index contributed by atoms with van der Waals surface area (Å²) in [5, 5.41) is 11.1. The van der Waals surface area contributed by atoms with Gasteiger partial charge in [-0.3, -0.25) is 0 Å². The predicted molar refractivity (Wildman–Crippen MR) is 80.9 cm³/mol. The van der Waals surface area contributed by atoms with E-state index in [1.807, 2.05) is 6.92 Å². The third-order valence-electron chi connectivity index (χ3n) is 3.09. The van der Waals surface area contributed by atoms with Crippen molar-refractivity contribution in [3.8, 4) is 5.75 Å². The Morgan fingerprint density at radius 1 is 1.25 bits per heavy atom. The molecule has 0 aliphatic rings. The Labute approximate surface area is 130 Å². The molecule has 0 aromatic heterocycles. The lowest BCUT2D eigenvalue weighted by Crippen LogP contribution is -2.05. The molecule has 0 saturated heterocycles. The molecule has 2 aromatic rings. The van der Waals surface area contributed by atoms with E-state index in [0.717, 1.165) is 5.56 Å². The van der Waals surface area contributed by atoms with Crippen LogP contribution in [0.3, 0.4) is 0 Å². The lowest BCUT2D eigenvalue weighted by Gasteiger charge is -2.18. The third-order valence-corrected chi connectivity index (χ3v) is 3.94. The molecule has 0 fully saturated rings. The predicted octanol–water partition coefficient (Wildman–Crippen LogP) is 4.64. The first kappa shape index (κ1) is 15.3. The first-order chi connectivity index (χ1) is 9.43. The molecule has 0 heterocycles.